The van der Waals surface area contributed by atoms with Gasteiger partial charge < -0.3 is 14.7 Å². The first kappa shape index (κ1) is 14.8. The summed E-state index contributed by atoms with van der Waals surface area (Å²) in [7, 11) is 2.03. The molecule has 1 saturated heterocycles. The van der Waals surface area contributed by atoms with Gasteiger partial charge in [0.15, 0.2) is 0 Å². The number of nitriles is 1. The van der Waals surface area contributed by atoms with Gasteiger partial charge in [-0.25, -0.2) is 0 Å². The third kappa shape index (κ3) is 3.50. The van der Waals surface area contributed by atoms with Crippen LogP contribution in [0.5, 0.6) is 0 Å². The molecular weight excluding hydrogens is 252 g/mol. The Morgan fingerprint density at radius 1 is 1.45 bits per heavy atom. The van der Waals surface area contributed by atoms with E-state index in [0.29, 0.717) is 11.5 Å². The van der Waals surface area contributed by atoms with E-state index in [4.69, 9.17) is 10.00 Å². The molecule has 1 aromatic rings. The SMILES string of the molecule is C[C@H](O)c1ccc(C#N)cc1N(C)CC1CCOCC1. The summed E-state index contributed by atoms with van der Waals surface area (Å²) in [6.45, 7) is 4.35. The molecule has 1 aliphatic heterocycles. The predicted octanol–water partition coefficient (Wildman–Crippen LogP) is 2.47. The van der Waals surface area contributed by atoms with E-state index in [1.54, 1.807) is 13.0 Å². The van der Waals surface area contributed by atoms with Crippen molar-refractivity contribution >= 4 is 5.69 Å². The van der Waals surface area contributed by atoms with Crippen molar-refractivity contribution in [2.24, 2.45) is 5.92 Å². The van der Waals surface area contributed by atoms with Crippen LogP contribution in [0, 0.1) is 17.2 Å². The van der Waals surface area contributed by atoms with Crippen molar-refractivity contribution in [3.63, 3.8) is 0 Å². The second kappa shape index (κ2) is 6.74. The molecule has 0 aromatic heterocycles. The first-order valence-electron chi connectivity index (χ1n) is 7.13. The zero-order valence-corrected chi connectivity index (χ0v) is 12.2. The van der Waals surface area contributed by atoms with Crippen molar-refractivity contribution in [2.75, 3.05) is 31.7 Å². The van der Waals surface area contributed by atoms with Crippen molar-refractivity contribution < 1.29 is 9.84 Å². The average Bonchev–Trinajstić information content (AvgIpc) is 2.47. The smallest absolute Gasteiger partial charge is 0.0992 e. The first-order valence-corrected chi connectivity index (χ1v) is 7.13. The molecule has 1 aromatic carbocycles. The summed E-state index contributed by atoms with van der Waals surface area (Å²) in [4.78, 5) is 2.15. The van der Waals surface area contributed by atoms with Crippen LogP contribution in [-0.4, -0.2) is 31.9 Å². The van der Waals surface area contributed by atoms with Crippen molar-refractivity contribution in [3.8, 4) is 6.07 Å². The fraction of sp³-hybridized carbons (Fsp3) is 0.562. The van der Waals surface area contributed by atoms with Gasteiger partial charge in [0.25, 0.3) is 0 Å². The van der Waals surface area contributed by atoms with Gasteiger partial charge in [-0.05, 0) is 37.8 Å². The van der Waals surface area contributed by atoms with E-state index in [0.717, 1.165) is 43.9 Å². The molecule has 0 unspecified atom stereocenters. The minimum absolute atomic E-state index is 0.533. The number of aliphatic hydroxyl groups is 1. The molecule has 4 heteroatoms. The molecule has 1 heterocycles. The van der Waals surface area contributed by atoms with Gasteiger partial charge in [-0.3, -0.25) is 0 Å². The summed E-state index contributed by atoms with van der Waals surface area (Å²) in [6.07, 6.45) is 1.62. The Balaban J connectivity index is 2.18. The molecule has 20 heavy (non-hydrogen) atoms. The van der Waals surface area contributed by atoms with E-state index < -0.39 is 6.10 Å². The highest BCUT2D eigenvalue weighted by atomic mass is 16.5. The van der Waals surface area contributed by atoms with Gasteiger partial charge >= 0.3 is 0 Å². The molecule has 1 N–H and O–H groups in total. The fourth-order valence-electron chi connectivity index (χ4n) is 2.71. The van der Waals surface area contributed by atoms with Crippen molar-refractivity contribution in [3.05, 3.63) is 29.3 Å². The van der Waals surface area contributed by atoms with Crippen LogP contribution in [-0.2, 0) is 4.74 Å². The van der Waals surface area contributed by atoms with Crippen molar-refractivity contribution in [1.82, 2.24) is 0 Å². The minimum Gasteiger partial charge on any atom is -0.389 e. The molecule has 2 rings (SSSR count). The highest BCUT2D eigenvalue weighted by molar-refractivity contribution is 5.58. The first-order chi connectivity index (χ1) is 9.61. The zero-order valence-electron chi connectivity index (χ0n) is 12.2. The number of rotatable bonds is 4. The lowest BCUT2D eigenvalue weighted by molar-refractivity contribution is 0.0685. The molecule has 1 aliphatic rings. The van der Waals surface area contributed by atoms with Crippen molar-refractivity contribution in [1.29, 1.82) is 5.26 Å². The highest BCUT2D eigenvalue weighted by Gasteiger charge is 2.19. The van der Waals surface area contributed by atoms with Crippen LogP contribution in [0.4, 0.5) is 5.69 Å². The summed E-state index contributed by atoms with van der Waals surface area (Å²) in [5.41, 5.74) is 2.45. The van der Waals surface area contributed by atoms with Gasteiger partial charge in [-0.2, -0.15) is 5.26 Å². The van der Waals surface area contributed by atoms with E-state index in [9.17, 15) is 5.11 Å². The average molecular weight is 274 g/mol. The van der Waals surface area contributed by atoms with Crippen LogP contribution >= 0.6 is 0 Å². The van der Waals surface area contributed by atoms with E-state index in [-0.39, 0.29) is 0 Å². The largest absolute Gasteiger partial charge is 0.389 e. The number of ether oxygens (including phenoxy) is 1. The number of nitrogens with zero attached hydrogens (tertiary/aromatic N) is 2. The molecule has 108 valence electrons. The van der Waals surface area contributed by atoms with Crippen molar-refractivity contribution in [2.45, 2.75) is 25.9 Å². The van der Waals surface area contributed by atoms with Gasteiger partial charge in [0.1, 0.15) is 0 Å². The summed E-state index contributed by atoms with van der Waals surface area (Å²) in [5, 5.41) is 18.9. The second-order valence-corrected chi connectivity index (χ2v) is 5.50. The standard InChI is InChI=1S/C16H22N2O2/c1-12(19)15-4-3-14(10-17)9-16(15)18(2)11-13-5-7-20-8-6-13/h3-4,9,12-13,19H,5-8,11H2,1-2H3/t12-/m0/s1. The number of benzene rings is 1. The second-order valence-electron chi connectivity index (χ2n) is 5.50. The summed E-state index contributed by atoms with van der Waals surface area (Å²) < 4.78 is 5.38. The van der Waals surface area contributed by atoms with Gasteiger partial charge in [0, 0.05) is 38.1 Å². The number of hydrogen-bond acceptors (Lipinski definition) is 4. The Labute approximate surface area is 120 Å². The monoisotopic (exact) mass is 274 g/mol. The van der Waals surface area contributed by atoms with Crippen LogP contribution in [0.2, 0.25) is 0 Å². The van der Waals surface area contributed by atoms with E-state index in [2.05, 4.69) is 11.0 Å². The Kier molecular flexibility index (Phi) is 4.99. The lowest BCUT2D eigenvalue weighted by atomic mass is 9.98. The highest BCUT2D eigenvalue weighted by Crippen LogP contribution is 2.28. The normalized spacial score (nSPS) is 17.5. The fourth-order valence-corrected chi connectivity index (χ4v) is 2.71. The van der Waals surface area contributed by atoms with Gasteiger partial charge in [-0.1, -0.05) is 6.07 Å². The van der Waals surface area contributed by atoms with E-state index in [1.165, 1.54) is 0 Å². The van der Waals surface area contributed by atoms with Crippen LogP contribution in [0.1, 0.15) is 37.0 Å². The predicted molar refractivity (Wildman–Crippen MR) is 78.6 cm³/mol. The molecule has 0 spiro atoms. The molecule has 4 nitrogen and oxygen atoms in total. The van der Waals surface area contributed by atoms with Gasteiger partial charge in [-0.15, -0.1) is 0 Å². The number of aliphatic hydroxyl groups excluding tert-OH is 1. The van der Waals surface area contributed by atoms with E-state index in [1.807, 2.05) is 19.2 Å². The maximum atomic E-state index is 9.89. The molecule has 1 atom stereocenters. The summed E-state index contributed by atoms with van der Waals surface area (Å²) in [6, 6.07) is 7.63. The maximum Gasteiger partial charge on any atom is 0.0992 e. The van der Waals surface area contributed by atoms with Crippen LogP contribution in [0.15, 0.2) is 18.2 Å². The Morgan fingerprint density at radius 2 is 2.15 bits per heavy atom. The number of anilines is 1. The van der Waals surface area contributed by atoms with Gasteiger partial charge in [0.2, 0.25) is 0 Å². The summed E-state index contributed by atoms with van der Waals surface area (Å²) >= 11 is 0. The third-order valence-corrected chi connectivity index (χ3v) is 3.89. The Morgan fingerprint density at radius 3 is 2.75 bits per heavy atom. The molecule has 0 saturated carbocycles. The minimum atomic E-state index is -0.533. The van der Waals surface area contributed by atoms with Crippen LogP contribution < -0.4 is 4.90 Å². The Bertz CT molecular complexity index is 488. The lowest BCUT2D eigenvalue weighted by Crippen LogP contribution is -2.30. The van der Waals surface area contributed by atoms with Gasteiger partial charge in [0.05, 0.1) is 17.7 Å². The van der Waals surface area contributed by atoms with Crippen LogP contribution in [0.3, 0.4) is 0 Å². The molecule has 0 aliphatic carbocycles. The molecule has 1 fully saturated rings. The quantitative estimate of drug-likeness (QED) is 0.916. The van der Waals surface area contributed by atoms with E-state index >= 15 is 0 Å². The third-order valence-electron chi connectivity index (χ3n) is 3.89. The lowest BCUT2D eigenvalue weighted by Gasteiger charge is -2.30. The Hall–Kier alpha value is -1.57. The molecular formula is C16H22N2O2. The topological polar surface area (TPSA) is 56.5 Å². The molecule has 0 bridgehead atoms. The maximum absolute atomic E-state index is 9.89. The zero-order chi connectivity index (χ0) is 14.5. The number of hydrogen-bond donors (Lipinski definition) is 1. The molecule has 0 radical (unpaired) electrons. The molecule has 0 amide bonds. The van der Waals surface area contributed by atoms with Crippen LogP contribution in [0.25, 0.3) is 0 Å². The summed E-state index contributed by atoms with van der Waals surface area (Å²) in [5.74, 6) is 0.612.